The van der Waals surface area contributed by atoms with Crippen LogP contribution in [0.15, 0.2) is 152 Å². The summed E-state index contributed by atoms with van der Waals surface area (Å²) in [5, 5.41) is 31.9. The van der Waals surface area contributed by atoms with Crippen LogP contribution in [0.5, 0.6) is 0 Å². The highest BCUT2D eigenvalue weighted by Crippen LogP contribution is 2.52. The van der Waals surface area contributed by atoms with E-state index in [2.05, 4.69) is 169 Å². The topological polar surface area (TPSA) is 79.5 Å². The summed E-state index contributed by atoms with van der Waals surface area (Å²) in [5.74, 6) is 0. The first-order valence-electron chi connectivity index (χ1n) is 17.5. The lowest BCUT2D eigenvalue weighted by Crippen LogP contribution is -2.30. The Bertz CT molecular complexity index is 2820. The number of nitriles is 3. The fraction of sp³-hybridized carbons (Fsp3) is 0.0625. The zero-order valence-corrected chi connectivity index (χ0v) is 29.2. The van der Waals surface area contributed by atoms with Crippen LogP contribution in [0.1, 0.15) is 41.7 Å². The second kappa shape index (κ2) is 12.1. The van der Waals surface area contributed by atoms with Crippen LogP contribution in [0, 0.1) is 34.0 Å². The number of aromatic nitrogens is 1. The van der Waals surface area contributed by atoms with Crippen molar-refractivity contribution in [2.45, 2.75) is 19.3 Å². The van der Waals surface area contributed by atoms with E-state index in [9.17, 15) is 15.8 Å². The van der Waals surface area contributed by atoms with Crippen molar-refractivity contribution in [3.8, 4) is 46.1 Å². The molecule has 5 nitrogen and oxygen atoms in total. The maximum atomic E-state index is 10.1. The van der Waals surface area contributed by atoms with E-state index in [1.54, 1.807) is 6.07 Å². The summed E-state index contributed by atoms with van der Waals surface area (Å²) in [6.45, 7) is 4.59. The summed E-state index contributed by atoms with van der Waals surface area (Å²) < 4.78 is 2.35. The van der Waals surface area contributed by atoms with Gasteiger partial charge < -0.3 is 9.47 Å². The minimum atomic E-state index is -0.201. The van der Waals surface area contributed by atoms with Gasteiger partial charge in [0.25, 0.3) is 0 Å². The highest BCUT2D eigenvalue weighted by Gasteiger charge is 2.36. The smallest absolute Gasteiger partial charge is 0.101 e. The monoisotopic (exact) mass is 677 g/mol. The molecule has 9 rings (SSSR count). The molecule has 0 radical (unpaired) electrons. The van der Waals surface area contributed by atoms with Crippen LogP contribution in [-0.4, -0.2) is 4.57 Å². The largest absolute Gasteiger partial charge is 0.310 e. The summed E-state index contributed by atoms with van der Waals surface area (Å²) in [4.78, 5) is 2.38. The molecular weight excluding hydrogens is 647 g/mol. The molecule has 1 aliphatic rings. The third-order valence-corrected chi connectivity index (χ3v) is 10.7. The molecule has 8 aromatic rings. The minimum Gasteiger partial charge on any atom is -0.310 e. The molecule has 0 aliphatic carbocycles. The van der Waals surface area contributed by atoms with Crippen molar-refractivity contribution >= 4 is 38.9 Å². The van der Waals surface area contributed by atoms with Gasteiger partial charge in [-0.05, 0) is 88.5 Å². The first-order chi connectivity index (χ1) is 25.9. The molecule has 2 heterocycles. The van der Waals surface area contributed by atoms with Crippen LogP contribution in [-0.2, 0) is 5.41 Å². The van der Waals surface area contributed by atoms with Gasteiger partial charge in [0.15, 0.2) is 0 Å². The Labute approximate surface area is 308 Å². The highest BCUT2D eigenvalue weighted by atomic mass is 15.2. The molecule has 0 amide bonds. The standard InChI is InChI=1S/C48H31N5/c1-48(2)42-16-5-9-20-46(42)53(47-21-10-6-17-43(47)48)38-25-33(24-37(27-38)52-44-18-7-3-14-39(44)40-15-4-8-19-45(40)52)31-12-11-13-32(22-31)41-26-35(29-50)34(28-49)23-36(41)30-51/h3-27H,1-2H3. The van der Waals surface area contributed by atoms with Crippen molar-refractivity contribution in [1.29, 1.82) is 15.8 Å². The summed E-state index contributed by atoms with van der Waals surface area (Å²) in [6.07, 6.45) is 0. The van der Waals surface area contributed by atoms with Gasteiger partial charge in [-0.1, -0.05) is 105 Å². The maximum absolute atomic E-state index is 10.1. The first-order valence-corrected chi connectivity index (χ1v) is 17.5. The number of benzene rings is 7. The predicted octanol–water partition coefficient (Wildman–Crippen LogP) is 11.8. The zero-order valence-electron chi connectivity index (χ0n) is 29.2. The number of rotatable bonds is 4. The molecule has 0 saturated carbocycles. The van der Waals surface area contributed by atoms with Gasteiger partial charge in [-0.3, -0.25) is 0 Å². The Kier molecular flexibility index (Phi) is 7.23. The van der Waals surface area contributed by atoms with Crippen molar-refractivity contribution in [2.75, 3.05) is 4.90 Å². The van der Waals surface area contributed by atoms with Crippen LogP contribution in [0.2, 0.25) is 0 Å². The average molecular weight is 678 g/mol. The second-order valence-electron chi connectivity index (χ2n) is 14.0. The Balaban J connectivity index is 1.33. The van der Waals surface area contributed by atoms with Gasteiger partial charge in [0.2, 0.25) is 0 Å². The van der Waals surface area contributed by atoms with Crippen LogP contribution in [0.3, 0.4) is 0 Å². The Morgan fingerprint density at radius 2 is 0.981 bits per heavy atom. The Hall–Kier alpha value is -7.39. The number of anilines is 3. The predicted molar refractivity (Wildman–Crippen MR) is 213 cm³/mol. The quantitative estimate of drug-likeness (QED) is 0.186. The van der Waals surface area contributed by atoms with Gasteiger partial charge in [-0.15, -0.1) is 0 Å². The molecule has 0 atom stereocenters. The summed E-state index contributed by atoms with van der Waals surface area (Å²) >= 11 is 0. The van der Waals surface area contributed by atoms with E-state index in [-0.39, 0.29) is 16.5 Å². The molecule has 53 heavy (non-hydrogen) atoms. The van der Waals surface area contributed by atoms with E-state index >= 15 is 0 Å². The molecule has 1 aromatic heterocycles. The summed E-state index contributed by atoms with van der Waals surface area (Å²) in [6, 6.07) is 58.9. The Morgan fingerprint density at radius 1 is 0.453 bits per heavy atom. The fourth-order valence-electron chi connectivity index (χ4n) is 8.15. The van der Waals surface area contributed by atoms with E-state index in [4.69, 9.17) is 0 Å². The minimum absolute atomic E-state index is 0.192. The highest BCUT2D eigenvalue weighted by molar-refractivity contribution is 6.09. The number of para-hydroxylation sites is 4. The van der Waals surface area contributed by atoms with Crippen molar-refractivity contribution < 1.29 is 0 Å². The van der Waals surface area contributed by atoms with Gasteiger partial charge in [0.05, 0.1) is 45.2 Å². The van der Waals surface area contributed by atoms with Crippen molar-refractivity contribution in [1.82, 2.24) is 4.57 Å². The lowest BCUT2D eigenvalue weighted by atomic mass is 9.73. The van der Waals surface area contributed by atoms with E-state index in [1.807, 2.05) is 12.1 Å². The molecule has 7 aromatic carbocycles. The van der Waals surface area contributed by atoms with Gasteiger partial charge in [0, 0.05) is 33.1 Å². The molecule has 5 heteroatoms. The molecule has 0 spiro atoms. The van der Waals surface area contributed by atoms with Crippen molar-refractivity contribution in [3.05, 3.63) is 179 Å². The third-order valence-electron chi connectivity index (χ3n) is 10.7. The maximum Gasteiger partial charge on any atom is 0.101 e. The van der Waals surface area contributed by atoms with Crippen molar-refractivity contribution in [2.24, 2.45) is 0 Å². The zero-order chi connectivity index (χ0) is 36.3. The van der Waals surface area contributed by atoms with Gasteiger partial charge in [-0.2, -0.15) is 15.8 Å². The van der Waals surface area contributed by atoms with E-state index in [1.165, 1.54) is 28.0 Å². The molecular formula is C48H31N5. The van der Waals surface area contributed by atoms with Gasteiger partial charge in [-0.25, -0.2) is 0 Å². The number of hydrogen-bond acceptors (Lipinski definition) is 4. The van der Waals surface area contributed by atoms with Gasteiger partial charge in [0.1, 0.15) is 12.1 Å². The lowest BCUT2D eigenvalue weighted by Gasteiger charge is -2.42. The van der Waals surface area contributed by atoms with E-state index in [0.717, 1.165) is 50.5 Å². The molecule has 0 bridgehead atoms. The second-order valence-corrected chi connectivity index (χ2v) is 14.0. The van der Waals surface area contributed by atoms with E-state index in [0.29, 0.717) is 11.1 Å². The third kappa shape index (κ3) is 4.90. The lowest BCUT2D eigenvalue weighted by molar-refractivity contribution is 0.632. The van der Waals surface area contributed by atoms with E-state index < -0.39 is 0 Å². The number of nitrogens with zero attached hydrogens (tertiary/aromatic N) is 5. The fourth-order valence-corrected chi connectivity index (χ4v) is 8.15. The number of fused-ring (bicyclic) bond motifs is 5. The van der Waals surface area contributed by atoms with Crippen LogP contribution in [0.4, 0.5) is 17.1 Å². The molecule has 1 aliphatic heterocycles. The normalized spacial score (nSPS) is 12.8. The van der Waals surface area contributed by atoms with Crippen molar-refractivity contribution in [3.63, 3.8) is 0 Å². The number of hydrogen-bond donors (Lipinski definition) is 0. The molecule has 0 fully saturated rings. The molecule has 248 valence electrons. The molecule has 0 N–H and O–H groups in total. The summed E-state index contributed by atoms with van der Waals surface area (Å²) in [7, 11) is 0. The van der Waals surface area contributed by atoms with Crippen LogP contribution >= 0.6 is 0 Å². The Morgan fingerprint density at radius 3 is 1.60 bits per heavy atom. The molecule has 0 saturated heterocycles. The SMILES string of the molecule is CC1(C)c2ccccc2N(c2cc(-c3cccc(-c4cc(C#N)c(C#N)cc4C#N)c3)cc(-n3c4ccccc4c4ccccc43)c2)c2ccccc21. The summed E-state index contributed by atoms with van der Waals surface area (Å²) in [5.41, 5.74) is 13.0. The first kappa shape index (κ1) is 31.6. The molecule has 0 unspecified atom stereocenters. The van der Waals surface area contributed by atoms with Crippen LogP contribution < -0.4 is 4.90 Å². The average Bonchev–Trinajstić information content (AvgIpc) is 3.55. The van der Waals surface area contributed by atoms with Gasteiger partial charge >= 0.3 is 0 Å². The van der Waals surface area contributed by atoms with Crippen LogP contribution in [0.25, 0.3) is 49.7 Å².